The van der Waals surface area contributed by atoms with Crippen LogP contribution in [0.3, 0.4) is 0 Å². The van der Waals surface area contributed by atoms with Crippen LogP contribution < -0.4 is 0 Å². The Balaban J connectivity index is 3.34. The van der Waals surface area contributed by atoms with E-state index in [9.17, 15) is 0 Å². The normalized spacial score (nSPS) is 12.7. The van der Waals surface area contributed by atoms with Gasteiger partial charge in [0.25, 0.3) is 0 Å². The minimum Gasteiger partial charge on any atom is -0.394 e. The Hall–Kier alpha value is -0.200. The first-order chi connectivity index (χ1) is 11.3. The zero-order chi connectivity index (χ0) is 17.0. The Kier molecular flexibility index (Phi) is 19.7. The fourth-order valence-electron chi connectivity index (χ4n) is 2.31. The molecule has 0 aliphatic heterocycles. The van der Waals surface area contributed by atoms with Crippen LogP contribution in [0.2, 0.25) is 0 Å². The third-order valence-electron chi connectivity index (χ3n) is 3.55. The highest BCUT2D eigenvalue weighted by molar-refractivity contribution is 4.58. The molecule has 1 unspecified atom stereocenters. The van der Waals surface area contributed by atoms with E-state index in [4.69, 9.17) is 24.1 Å². The molecular formula is C18H38O5. The minimum atomic E-state index is 0.0563. The summed E-state index contributed by atoms with van der Waals surface area (Å²) in [5.41, 5.74) is 0. The van der Waals surface area contributed by atoms with E-state index in [1.54, 1.807) is 0 Å². The van der Waals surface area contributed by atoms with Gasteiger partial charge in [0.1, 0.15) is 0 Å². The van der Waals surface area contributed by atoms with Gasteiger partial charge < -0.3 is 24.1 Å². The molecule has 0 radical (unpaired) electrons. The predicted octanol–water partition coefficient (Wildman–Crippen LogP) is 3.18. The second-order valence-electron chi connectivity index (χ2n) is 5.69. The molecule has 140 valence electrons. The van der Waals surface area contributed by atoms with E-state index in [2.05, 4.69) is 13.8 Å². The maximum absolute atomic E-state index is 8.54. The summed E-state index contributed by atoms with van der Waals surface area (Å²) in [6, 6.07) is 0. The smallest absolute Gasteiger partial charge is 0.0704 e. The van der Waals surface area contributed by atoms with Crippen LogP contribution in [-0.4, -0.2) is 64.1 Å². The molecule has 0 aromatic rings. The number of aliphatic hydroxyl groups is 1. The first kappa shape index (κ1) is 22.8. The number of ether oxygens (including phenoxy) is 4. The molecule has 23 heavy (non-hydrogen) atoms. The molecule has 0 rings (SSSR count). The topological polar surface area (TPSA) is 57.2 Å². The van der Waals surface area contributed by atoms with E-state index in [1.807, 2.05) is 0 Å². The number of unbranched alkanes of at least 4 members (excludes halogenated alkanes) is 3. The van der Waals surface area contributed by atoms with Crippen LogP contribution >= 0.6 is 0 Å². The van der Waals surface area contributed by atoms with Crippen LogP contribution in [0.5, 0.6) is 0 Å². The molecule has 5 nitrogen and oxygen atoms in total. The molecule has 5 heteroatoms. The summed E-state index contributed by atoms with van der Waals surface area (Å²) in [4.78, 5) is 0. The van der Waals surface area contributed by atoms with E-state index in [0.29, 0.717) is 52.4 Å². The third-order valence-corrected chi connectivity index (χ3v) is 3.55. The predicted molar refractivity (Wildman–Crippen MR) is 92.9 cm³/mol. The maximum atomic E-state index is 8.54. The average molecular weight is 334 g/mol. The Morgan fingerprint density at radius 3 is 1.83 bits per heavy atom. The van der Waals surface area contributed by atoms with Crippen molar-refractivity contribution in [1.82, 2.24) is 0 Å². The van der Waals surface area contributed by atoms with Gasteiger partial charge in [0.15, 0.2) is 0 Å². The zero-order valence-corrected chi connectivity index (χ0v) is 15.3. The van der Waals surface area contributed by atoms with Crippen molar-refractivity contribution in [2.75, 3.05) is 52.9 Å². The van der Waals surface area contributed by atoms with Crippen molar-refractivity contribution in [3.63, 3.8) is 0 Å². The highest BCUT2D eigenvalue weighted by Gasteiger charge is 2.07. The summed E-state index contributed by atoms with van der Waals surface area (Å²) in [6.45, 7) is 8.36. The van der Waals surface area contributed by atoms with Crippen molar-refractivity contribution in [3.05, 3.63) is 0 Å². The Bertz CT molecular complexity index is 214. The van der Waals surface area contributed by atoms with Gasteiger partial charge in [0.05, 0.1) is 59.0 Å². The number of aliphatic hydroxyl groups excluding tert-OH is 1. The van der Waals surface area contributed by atoms with E-state index in [1.165, 1.54) is 38.5 Å². The molecule has 0 spiro atoms. The van der Waals surface area contributed by atoms with Crippen LogP contribution in [0.25, 0.3) is 0 Å². The summed E-state index contributed by atoms with van der Waals surface area (Å²) in [5.74, 6) is 0. The van der Waals surface area contributed by atoms with Crippen LogP contribution in [0.1, 0.15) is 58.8 Å². The van der Waals surface area contributed by atoms with E-state index in [0.717, 1.165) is 6.42 Å². The Morgan fingerprint density at radius 1 is 0.652 bits per heavy atom. The lowest BCUT2D eigenvalue weighted by molar-refractivity contribution is -0.0242. The van der Waals surface area contributed by atoms with Crippen molar-refractivity contribution in [1.29, 1.82) is 0 Å². The first-order valence-electron chi connectivity index (χ1n) is 9.30. The largest absolute Gasteiger partial charge is 0.394 e. The lowest BCUT2D eigenvalue weighted by atomic mass is 10.1. The summed E-state index contributed by atoms with van der Waals surface area (Å²) in [6.07, 6.45) is 9.07. The van der Waals surface area contributed by atoms with Gasteiger partial charge in [-0.1, -0.05) is 46.0 Å². The molecule has 1 N–H and O–H groups in total. The molecule has 1 atom stereocenters. The van der Waals surface area contributed by atoms with Crippen LogP contribution in [0, 0.1) is 0 Å². The lowest BCUT2D eigenvalue weighted by Gasteiger charge is -2.17. The molecule has 0 fully saturated rings. The maximum Gasteiger partial charge on any atom is 0.0704 e. The SMILES string of the molecule is CCCCCCC(CCC)OCCOCCOCCOCCO. The standard InChI is InChI=1S/C18H38O5/c1-3-5-6-7-9-18(8-4-2)23-17-16-22-15-14-21-13-12-20-11-10-19/h18-19H,3-17H2,1-2H3. The molecule has 0 saturated carbocycles. The van der Waals surface area contributed by atoms with Crippen molar-refractivity contribution in [2.24, 2.45) is 0 Å². The fraction of sp³-hybridized carbons (Fsp3) is 1.00. The fourth-order valence-corrected chi connectivity index (χ4v) is 2.31. The molecule has 0 saturated heterocycles. The Morgan fingerprint density at radius 2 is 1.26 bits per heavy atom. The molecule has 0 aliphatic rings. The quantitative estimate of drug-likeness (QED) is 0.368. The minimum absolute atomic E-state index is 0.0563. The number of hydrogen-bond donors (Lipinski definition) is 1. The molecule has 0 amide bonds. The van der Waals surface area contributed by atoms with Crippen LogP contribution in [0.4, 0.5) is 0 Å². The molecule has 0 aliphatic carbocycles. The second-order valence-corrected chi connectivity index (χ2v) is 5.69. The highest BCUT2D eigenvalue weighted by atomic mass is 16.6. The van der Waals surface area contributed by atoms with Gasteiger partial charge in [0, 0.05) is 0 Å². The molecular weight excluding hydrogens is 296 g/mol. The van der Waals surface area contributed by atoms with Crippen molar-refractivity contribution >= 4 is 0 Å². The lowest BCUT2D eigenvalue weighted by Crippen LogP contribution is -2.17. The first-order valence-corrected chi connectivity index (χ1v) is 9.30. The van der Waals surface area contributed by atoms with E-state index in [-0.39, 0.29) is 6.61 Å². The molecule has 0 aromatic heterocycles. The van der Waals surface area contributed by atoms with Crippen molar-refractivity contribution in [2.45, 2.75) is 64.9 Å². The second kappa shape index (κ2) is 19.8. The van der Waals surface area contributed by atoms with E-state index < -0.39 is 0 Å². The summed E-state index contributed by atoms with van der Waals surface area (Å²) in [7, 11) is 0. The Labute approximate surface area is 142 Å². The van der Waals surface area contributed by atoms with Gasteiger partial charge in [-0.2, -0.15) is 0 Å². The zero-order valence-electron chi connectivity index (χ0n) is 15.3. The molecule has 0 bridgehead atoms. The number of hydrogen-bond acceptors (Lipinski definition) is 5. The molecule has 0 heterocycles. The highest BCUT2D eigenvalue weighted by Crippen LogP contribution is 2.12. The van der Waals surface area contributed by atoms with Crippen LogP contribution in [-0.2, 0) is 18.9 Å². The number of rotatable bonds is 19. The summed E-state index contributed by atoms with van der Waals surface area (Å²) >= 11 is 0. The summed E-state index contributed by atoms with van der Waals surface area (Å²) in [5, 5.41) is 8.54. The summed E-state index contributed by atoms with van der Waals surface area (Å²) < 4.78 is 21.9. The van der Waals surface area contributed by atoms with E-state index >= 15 is 0 Å². The third kappa shape index (κ3) is 18.0. The van der Waals surface area contributed by atoms with Crippen molar-refractivity contribution < 1.29 is 24.1 Å². The average Bonchev–Trinajstić information content (AvgIpc) is 2.56. The molecule has 0 aromatic carbocycles. The van der Waals surface area contributed by atoms with Gasteiger partial charge in [-0.15, -0.1) is 0 Å². The monoisotopic (exact) mass is 334 g/mol. The van der Waals surface area contributed by atoms with Crippen molar-refractivity contribution in [3.8, 4) is 0 Å². The van der Waals surface area contributed by atoms with Gasteiger partial charge >= 0.3 is 0 Å². The van der Waals surface area contributed by atoms with Gasteiger partial charge in [-0.05, 0) is 12.8 Å². The van der Waals surface area contributed by atoms with Gasteiger partial charge in [-0.3, -0.25) is 0 Å². The van der Waals surface area contributed by atoms with Crippen LogP contribution in [0.15, 0.2) is 0 Å². The van der Waals surface area contributed by atoms with Gasteiger partial charge in [0.2, 0.25) is 0 Å². The van der Waals surface area contributed by atoms with Gasteiger partial charge in [-0.25, -0.2) is 0 Å².